The van der Waals surface area contributed by atoms with Crippen molar-refractivity contribution < 1.29 is 9.53 Å². The van der Waals surface area contributed by atoms with Gasteiger partial charge in [0.25, 0.3) is 5.91 Å². The Morgan fingerprint density at radius 2 is 2.24 bits per heavy atom. The Balaban J connectivity index is 2.03. The lowest BCUT2D eigenvalue weighted by molar-refractivity contribution is 0.0697. The van der Waals surface area contributed by atoms with Gasteiger partial charge in [-0.15, -0.1) is 0 Å². The highest BCUT2D eigenvalue weighted by Gasteiger charge is 2.18. The molecule has 0 aliphatic carbocycles. The first kappa shape index (κ1) is 11.8. The van der Waals surface area contributed by atoms with Crippen LogP contribution in [0, 0.1) is 0 Å². The van der Waals surface area contributed by atoms with Crippen LogP contribution in [0.25, 0.3) is 0 Å². The van der Waals surface area contributed by atoms with Crippen molar-refractivity contribution in [3.63, 3.8) is 0 Å². The number of aromatic nitrogens is 1. The number of rotatable bonds is 3. The third-order valence-electron chi connectivity index (χ3n) is 2.75. The molecule has 0 unspecified atom stereocenters. The summed E-state index contributed by atoms with van der Waals surface area (Å²) in [4.78, 5) is 16.0. The minimum Gasteiger partial charge on any atom is -0.381 e. The van der Waals surface area contributed by atoms with Crippen LogP contribution in [0.1, 0.15) is 23.2 Å². The van der Waals surface area contributed by atoms with E-state index in [-0.39, 0.29) is 11.9 Å². The Morgan fingerprint density at radius 1 is 1.47 bits per heavy atom. The number of amides is 1. The number of nitrogen functional groups attached to an aromatic ring is 1. The Morgan fingerprint density at radius 3 is 2.94 bits per heavy atom. The van der Waals surface area contributed by atoms with E-state index in [9.17, 15) is 4.79 Å². The third-order valence-corrected chi connectivity index (χ3v) is 2.75. The molecular formula is C11H16N4O2. The summed E-state index contributed by atoms with van der Waals surface area (Å²) >= 11 is 0. The van der Waals surface area contributed by atoms with Crippen molar-refractivity contribution in [2.45, 2.75) is 18.9 Å². The van der Waals surface area contributed by atoms with Crippen LogP contribution in [-0.2, 0) is 4.74 Å². The SMILES string of the molecule is NNc1ncccc1C(=O)NC1CCOCC1. The van der Waals surface area contributed by atoms with Crippen LogP contribution in [0.15, 0.2) is 18.3 Å². The summed E-state index contributed by atoms with van der Waals surface area (Å²) < 4.78 is 5.24. The first-order valence-corrected chi connectivity index (χ1v) is 5.61. The predicted molar refractivity (Wildman–Crippen MR) is 63.4 cm³/mol. The van der Waals surface area contributed by atoms with Crippen LogP contribution in [0.2, 0.25) is 0 Å². The van der Waals surface area contributed by atoms with E-state index in [2.05, 4.69) is 15.7 Å². The van der Waals surface area contributed by atoms with E-state index in [0.29, 0.717) is 24.6 Å². The number of nitrogens with one attached hydrogen (secondary N) is 2. The highest BCUT2D eigenvalue weighted by atomic mass is 16.5. The highest BCUT2D eigenvalue weighted by Crippen LogP contribution is 2.12. The zero-order valence-corrected chi connectivity index (χ0v) is 9.48. The van der Waals surface area contributed by atoms with Crippen LogP contribution in [-0.4, -0.2) is 30.1 Å². The zero-order chi connectivity index (χ0) is 12.1. The van der Waals surface area contributed by atoms with Gasteiger partial charge in [0.1, 0.15) is 0 Å². The van der Waals surface area contributed by atoms with Crippen LogP contribution in [0.3, 0.4) is 0 Å². The van der Waals surface area contributed by atoms with Gasteiger partial charge in [0.15, 0.2) is 5.82 Å². The molecule has 0 aromatic carbocycles. The van der Waals surface area contributed by atoms with Gasteiger partial charge in [-0.1, -0.05) is 0 Å². The summed E-state index contributed by atoms with van der Waals surface area (Å²) in [5.74, 6) is 5.54. The second kappa shape index (κ2) is 5.60. The number of carbonyl (C=O) groups is 1. The molecule has 0 radical (unpaired) electrons. The van der Waals surface area contributed by atoms with Gasteiger partial charge in [0.05, 0.1) is 5.56 Å². The van der Waals surface area contributed by atoms with Gasteiger partial charge in [-0.05, 0) is 25.0 Å². The molecule has 1 fully saturated rings. The van der Waals surface area contributed by atoms with Crippen molar-refractivity contribution in [2.24, 2.45) is 5.84 Å². The smallest absolute Gasteiger partial charge is 0.255 e. The summed E-state index contributed by atoms with van der Waals surface area (Å²) in [5, 5.41) is 2.96. The normalized spacial score (nSPS) is 16.5. The molecule has 92 valence electrons. The number of pyridine rings is 1. The third kappa shape index (κ3) is 2.92. The number of hydrogen-bond donors (Lipinski definition) is 3. The molecule has 0 atom stereocenters. The first-order valence-electron chi connectivity index (χ1n) is 5.61. The van der Waals surface area contributed by atoms with Crippen molar-refractivity contribution in [3.05, 3.63) is 23.9 Å². The maximum absolute atomic E-state index is 12.0. The summed E-state index contributed by atoms with van der Waals surface area (Å²) in [7, 11) is 0. The summed E-state index contributed by atoms with van der Waals surface area (Å²) in [5.41, 5.74) is 2.88. The Kier molecular flexibility index (Phi) is 3.89. The van der Waals surface area contributed by atoms with E-state index >= 15 is 0 Å². The van der Waals surface area contributed by atoms with Crippen LogP contribution in [0.4, 0.5) is 5.82 Å². The maximum Gasteiger partial charge on any atom is 0.255 e. The number of nitrogens with two attached hydrogens (primary N) is 1. The average molecular weight is 236 g/mol. The molecule has 2 rings (SSSR count). The molecule has 1 amide bonds. The van der Waals surface area contributed by atoms with Gasteiger partial charge in [-0.25, -0.2) is 10.8 Å². The Labute approximate surface area is 99.5 Å². The molecule has 1 aromatic rings. The number of nitrogens with zero attached hydrogens (tertiary/aromatic N) is 1. The van der Waals surface area contributed by atoms with Gasteiger partial charge in [0, 0.05) is 25.5 Å². The van der Waals surface area contributed by atoms with Gasteiger partial charge >= 0.3 is 0 Å². The number of carbonyl (C=O) groups excluding carboxylic acids is 1. The number of hydrogen-bond acceptors (Lipinski definition) is 5. The quantitative estimate of drug-likeness (QED) is 0.518. The lowest BCUT2D eigenvalue weighted by atomic mass is 10.1. The molecule has 4 N–H and O–H groups in total. The molecule has 17 heavy (non-hydrogen) atoms. The van der Waals surface area contributed by atoms with E-state index in [4.69, 9.17) is 10.6 Å². The first-order chi connectivity index (χ1) is 8.31. The lowest BCUT2D eigenvalue weighted by Crippen LogP contribution is -2.39. The number of ether oxygens (including phenoxy) is 1. The average Bonchev–Trinajstić information content (AvgIpc) is 2.40. The van der Waals surface area contributed by atoms with Crippen LogP contribution >= 0.6 is 0 Å². The Bertz CT molecular complexity index is 391. The van der Waals surface area contributed by atoms with Gasteiger partial charge in [-0.2, -0.15) is 0 Å². The van der Waals surface area contributed by atoms with Crippen molar-refractivity contribution in [2.75, 3.05) is 18.6 Å². The minimum absolute atomic E-state index is 0.155. The topological polar surface area (TPSA) is 89.3 Å². The second-order valence-electron chi connectivity index (χ2n) is 3.90. The maximum atomic E-state index is 12.0. The number of hydrazine groups is 1. The molecule has 2 heterocycles. The molecule has 6 nitrogen and oxygen atoms in total. The van der Waals surface area contributed by atoms with E-state index < -0.39 is 0 Å². The predicted octanol–water partition coefficient (Wildman–Crippen LogP) is 0.276. The summed E-state index contributed by atoms with van der Waals surface area (Å²) in [6, 6.07) is 3.57. The van der Waals surface area contributed by atoms with Crippen LogP contribution in [0.5, 0.6) is 0 Å². The molecule has 1 aliphatic heterocycles. The standard InChI is InChI=1S/C11H16N4O2/c12-15-10-9(2-1-5-13-10)11(16)14-8-3-6-17-7-4-8/h1-2,5,8H,3-4,6-7,12H2,(H,13,15)(H,14,16). The highest BCUT2D eigenvalue weighted by molar-refractivity contribution is 5.98. The van der Waals surface area contributed by atoms with Crippen molar-refractivity contribution in [3.8, 4) is 0 Å². The van der Waals surface area contributed by atoms with Crippen molar-refractivity contribution >= 4 is 11.7 Å². The molecule has 1 aliphatic rings. The van der Waals surface area contributed by atoms with E-state index in [1.54, 1.807) is 18.3 Å². The minimum atomic E-state index is -0.155. The van der Waals surface area contributed by atoms with Gasteiger partial charge < -0.3 is 15.5 Å². The fourth-order valence-electron chi connectivity index (χ4n) is 1.81. The van der Waals surface area contributed by atoms with E-state index in [1.165, 1.54) is 0 Å². The molecule has 1 aromatic heterocycles. The molecular weight excluding hydrogens is 220 g/mol. The van der Waals surface area contributed by atoms with Gasteiger partial charge in [0.2, 0.25) is 0 Å². The summed E-state index contributed by atoms with van der Waals surface area (Å²) in [6.45, 7) is 1.39. The summed E-state index contributed by atoms with van der Waals surface area (Å²) in [6.07, 6.45) is 3.27. The van der Waals surface area contributed by atoms with Gasteiger partial charge in [-0.3, -0.25) is 4.79 Å². The Hall–Kier alpha value is -1.66. The second-order valence-corrected chi connectivity index (χ2v) is 3.90. The monoisotopic (exact) mass is 236 g/mol. The molecule has 0 spiro atoms. The van der Waals surface area contributed by atoms with Crippen molar-refractivity contribution in [1.82, 2.24) is 10.3 Å². The number of anilines is 1. The molecule has 0 saturated carbocycles. The fourth-order valence-corrected chi connectivity index (χ4v) is 1.81. The molecule has 6 heteroatoms. The fraction of sp³-hybridized carbons (Fsp3) is 0.455. The zero-order valence-electron chi connectivity index (χ0n) is 9.48. The molecule has 0 bridgehead atoms. The largest absolute Gasteiger partial charge is 0.381 e. The van der Waals surface area contributed by atoms with E-state index in [1.807, 2.05) is 0 Å². The van der Waals surface area contributed by atoms with Crippen LogP contribution < -0.4 is 16.6 Å². The van der Waals surface area contributed by atoms with E-state index in [0.717, 1.165) is 12.8 Å². The van der Waals surface area contributed by atoms with Crippen molar-refractivity contribution in [1.29, 1.82) is 0 Å². The lowest BCUT2D eigenvalue weighted by Gasteiger charge is -2.23. The molecule has 1 saturated heterocycles.